The number of hydrogen-bond acceptors (Lipinski definition) is 6. The van der Waals surface area contributed by atoms with E-state index >= 15 is 0 Å². The Balaban J connectivity index is 2.02. The molecular formula is C23H34N2O6S. The summed E-state index contributed by atoms with van der Waals surface area (Å²) in [4.78, 5) is 27.9. The second kappa shape index (κ2) is 12.1. The van der Waals surface area contributed by atoms with E-state index in [1.54, 1.807) is 30.3 Å². The molecule has 1 fully saturated rings. The van der Waals surface area contributed by atoms with Gasteiger partial charge in [-0.05, 0) is 43.4 Å². The normalized spacial score (nSPS) is 18.2. The summed E-state index contributed by atoms with van der Waals surface area (Å²) in [6.45, 7) is 2.12. The first-order valence-electron chi connectivity index (χ1n) is 11.0. The summed E-state index contributed by atoms with van der Waals surface area (Å²) < 4.78 is 27.1. The minimum Gasteiger partial charge on any atom is -0.388 e. The summed E-state index contributed by atoms with van der Waals surface area (Å²) in [6, 6.07) is 6.06. The van der Waals surface area contributed by atoms with Crippen LogP contribution in [0.1, 0.15) is 63.5 Å². The van der Waals surface area contributed by atoms with E-state index in [1.165, 1.54) is 11.9 Å². The van der Waals surface area contributed by atoms with Gasteiger partial charge in [-0.15, -0.1) is 0 Å². The fraction of sp³-hybridized carbons (Fsp3) is 0.565. The number of aliphatic hydroxyl groups excluding tert-OH is 1. The van der Waals surface area contributed by atoms with Crippen molar-refractivity contribution in [3.8, 4) is 0 Å². The summed E-state index contributed by atoms with van der Waals surface area (Å²) in [6.07, 6.45) is 8.14. The van der Waals surface area contributed by atoms with Crippen molar-refractivity contribution in [3.05, 3.63) is 42.0 Å². The summed E-state index contributed by atoms with van der Waals surface area (Å²) in [5.74, 6) is -0.356. The molecule has 0 spiro atoms. The number of rotatable bonds is 13. The summed E-state index contributed by atoms with van der Waals surface area (Å²) in [5, 5.41) is 10.3. The Kier molecular flexibility index (Phi) is 9.86. The van der Waals surface area contributed by atoms with Crippen molar-refractivity contribution >= 4 is 27.7 Å². The summed E-state index contributed by atoms with van der Waals surface area (Å²) in [5.41, 5.74) is 1.39. The maximum absolute atomic E-state index is 12.7. The minimum atomic E-state index is -3.47. The van der Waals surface area contributed by atoms with Crippen molar-refractivity contribution in [2.75, 3.05) is 24.8 Å². The summed E-state index contributed by atoms with van der Waals surface area (Å²) in [7, 11) is -0.874. The van der Waals surface area contributed by atoms with Crippen LogP contribution in [-0.4, -0.2) is 56.3 Å². The van der Waals surface area contributed by atoms with E-state index in [2.05, 4.69) is 11.1 Å². The molecule has 2 rings (SSSR count). The van der Waals surface area contributed by atoms with Crippen molar-refractivity contribution < 1.29 is 27.3 Å². The van der Waals surface area contributed by atoms with Crippen molar-refractivity contribution in [1.29, 1.82) is 0 Å². The number of benzene rings is 1. The van der Waals surface area contributed by atoms with Crippen LogP contribution in [0.15, 0.2) is 36.4 Å². The number of aliphatic hydroxyl groups is 1. The Morgan fingerprint density at radius 2 is 1.81 bits per heavy atom. The highest BCUT2D eigenvalue weighted by Crippen LogP contribution is 2.29. The molecule has 0 saturated carbocycles. The molecule has 0 aliphatic carbocycles. The van der Waals surface area contributed by atoms with Gasteiger partial charge >= 0.3 is 6.03 Å². The van der Waals surface area contributed by atoms with Crippen LogP contribution < -0.4 is 4.90 Å². The van der Waals surface area contributed by atoms with E-state index in [1.807, 2.05) is 6.08 Å². The highest BCUT2D eigenvalue weighted by atomic mass is 32.2. The van der Waals surface area contributed by atoms with E-state index in [4.69, 9.17) is 0 Å². The van der Waals surface area contributed by atoms with Gasteiger partial charge in [0.15, 0.2) is 0 Å². The number of allylic oxidation sites excluding steroid dienone is 1. The molecule has 8 nitrogen and oxygen atoms in total. The lowest BCUT2D eigenvalue weighted by atomic mass is 10.0. The Bertz CT molecular complexity index is 898. The number of imide groups is 1. The maximum atomic E-state index is 12.7. The standard InChI is InChI=1S/C23H34N2O6S/c1-4-5-8-12-21(26)18-13-15-19(16-14-18)25-20(22(27)24(2)23(25)28)11-9-6-7-10-17-32(29,30)31-3/h6,9,13-16,20-21,26H,4-5,7-8,10-12,17H2,1-3H3/b9-6-. The second-order valence-corrected chi connectivity index (χ2v) is 9.80. The zero-order valence-corrected chi connectivity index (χ0v) is 19.9. The number of anilines is 1. The third kappa shape index (κ3) is 6.88. The molecule has 32 heavy (non-hydrogen) atoms. The number of nitrogens with zero attached hydrogens (tertiary/aromatic N) is 2. The average Bonchev–Trinajstić information content (AvgIpc) is 2.99. The van der Waals surface area contributed by atoms with Crippen LogP contribution in [0.4, 0.5) is 10.5 Å². The van der Waals surface area contributed by atoms with Gasteiger partial charge in [-0.2, -0.15) is 8.42 Å². The predicted octanol–water partition coefficient (Wildman–Crippen LogP) is 3.77. The lowest BCUT2D eigenvalue weighted by molar-refractivity contribution is -0.126. The molecule has 1 aliphatic heterocycles. The minimum absolute atomic E-state index is 0.0693. The van der Waals surface area contributed by atoms with Gasteiger partial charge in [0.25, 0.3) is 16.0 Å². The van der Waals surface area contributed by atoms with Gasteiger partial charge < -0.3 is 5.11 Å². The second-order valence-electron chi connectivity index (χ2n) is 7.95. The molecule has 1 N–H and O–H groups in total. The lowest BCUT2D eigenvalue weighted by Crippen LogP contribution is -2.34. The Morgan fingerprint density at radius 3 is 2.44 bits per heavy atom. The number of amides is 3. The highest BCUT2D eigenvalue weighted by Gasteiger charge is 2.43. The number of urea groups is 1. The molecule has 3 amide bonds. The topological polar surface area (TPSA) is 104 Å². The van der Waals surface area contributed by atoms with E-state index in [-0.39, 0.29) is 11.7 Å². The van der Waals surface area contributed by atoms with Crippen LogP contribution >= 0.6 is 0 Å². The van der Waals surface area contributed by atoms with Crippen LogP contribution in [0.3, 0.4) is 0 Å². The molecule has 1 saturated heterocycles. The predicted molar refractivity (Wildman–Crippen MR) is 124 cm³/mol. The summed E-state index contributed by atoms with van der Waals surface area (Å²) >= 11 is 0. The maximum Gasteiger partial charge on any atom is 0.331 e. The largest absolute Gasteiger partial charge is 0.388 e. The Labute approximate surface area is 191 Å². The van der Waals surface area contributed by atoms with Crippen LogP contribution in [0, 0.1) is 0 Å². The first kappa shape index (κ1) is 26.0. The number of carbonyl (C=O) groups is 2. The average molecular weight is 467 g/mol. The fourth-order valence-corrected chi connectivity index (χ4v) is 4.32. The number of likely N-dealkylation sites (N-methyl/N-ethyl adjacent to an activating group) is 1. The fourth-order valence-electron chi connectivity index (χ4n) is 3.64. The van der Waals surface area contributed by atoms with Gasteiger partial charge in [0.05, 0.1) is 19.0 Å². The Hall–Kier alpha value is -2.23. The molecule has 1 aromatic rings. The van der Waals surface area contributed by atoms with Crippen LogP contribution in [0.2, 0.25) is 0 Å². The quantitative estimate of drug-likeness (QED) is 0.205. The molecule has 178 valence electrons. The van der Waals surface area contributed by atoms with Gasteiger partial charge in [0.2, 0.25) is 0 Å². The zero-order valence-electron chi connectivity index (χ0n) is 19.1. The monoisotopic (exact) mass is 466 g/mol. The molecule has 2 atom stereocenters. The lowest BCUT2D eigenvalue weighted by Gasteiger charge is -2.21. The Morgan fingerprint density at radius 1 is 1.12 bits per heavy atom. The molecule has 9 heteroatoms. The third-order valence-corrected chi connectivity index (χ3v) is 6.90. The number of carbonyl (C=O) groups excluding carboxylic acids is 2. The molecule has 1 aromatic carbocycles. The van der Waals surface area contributed by atoms with E-state index < -0.39 is 28.3 Å². The van der Waals surface area contributed by atoms with Crippen molar-refractivity contribution in [3.63, 3.8) is 0 Å². The smallest absolute Gasteiger partial charge is 0.331 e. The first-order chi connectivity index (χ1) is 15.2. The zero-order chi connectivity index (χ0) is 23.7. The first-order valence-corrected chi connectivity index (χ1v) is 12.6. The number of unbranched alkanes of at least 4 members (excludes halogenated alkanes) is 3. The molecule has 2 unspecified atom stereocenters. The van der Waals surface area contributed by atoms with Crippen molar-refractivity contribution in [2.45, 2.75) is 64.0 Å². The molecule has 0 aromatic heterocycles. The van der Waals surface area contributed by atoms with Gasteiger partial charge in [0, 0.05) is 12.7 Å². The molecule has 0 bridgehead atoms. The van der Waals surface area contributed by atoms with Gasteiger partial charge in [-0.3, -0.25) is 18.8 Å². The van der Waals surface area contributed by atoms with E-state index in [0.29, 0.717) is 31.4 Å². The van der Waals surface area contributed by atoms with Gasteiger partial charge in [-0.25, -0.2) is 4.79 Å². The van der Waals surface area contributed by atoms with Crippen LogP contribution in [-0.2, 0) is 19.1 Å². The highest BCUT2D eigenvalue weighted by molar-refractivity contribution is 7.86. The van der Waals surface area contributed by atoms with Crippen LogP contribution in [0.5, 0.6) is 0 Å². The molecule has 1 heterocycles. The number of hydrogen-bond donors (Lipinski definition) is 1. The molecular weight excluding hydrogens is 432 g/mol. The SMILES string of the molecule is CCCCCC(O)c1ccc(N2C(=O)N(C)C(=O)C2C/C=C\CCCS(=O)(=O)OC)cc1. The third-order valence-electron chi connectivity index (χ3n) is 5.60. The van der Waals surface area contributed by atoms with Crippen molar-refractivity contribution in [1.82, 2.24) is 4.90 Å². The van der Waals surface area contributed by atoms with E-state index in [0.717, 1.165) is 36.8 Å². The molecule has 0 radical (unpaired) electrons. The molecule has 1 aliphatic rings. The van der Waals surface area contributed by atoms with Crippen molar-refractivity contribution in [2.24, 2.45) is 0 Å². The van der Waals surface area contributed by atoms with Gasteiger partial charge in [-0.1, -0.05) is 50.5 Å². The van der Waals surface area contributed by atoms with E-state index in [9.17, 15) is 23.1 Å². The van der Waals surface area contributed by atoms with Gasteiger partial charge in [0.1, 0.15) is 6.04 Å². The van der Waals surface area contributed by atoms with Crippen LogP contribution in [0.25, 0.3) is 0 Å².